The molecule has 4 heteroatoms. The van der Waals surface area contributed by atoms with Crippen LogP contribution in [0.2, 0.25) is 0 Å². The van der Waals surface area contributed by atoms with Gasteiger partial charge in [0.25, 0.3) is 0 Å². The molecule has 1 heterocycles. The molecule has 13 heavy (non-hydrogen) atoms. The first-order chi connectivity index (χ1) is 6.02. The third-order valence-corrected chi connectivity index (χ3v) is 2.85. The first kappa shape index (κ1) is 11.0. The van der Waals surface area contributed by atoms with E-state index >= 15 is 0 Å². The van der Waals surface area contributed by atoms with E-state index in [4.69, 9.17) is 0 Å². The Balaban J connectivity index is 2.56. The van der Waals surface area contributed by atoms with Crippen molar-refractivity contribution in [2.75, 3.05) is 26.7 Å². The Labute approximate surface area is 88.2 Å². The van der Waals surface area contributed by atoms with Crippen LogP contribution in [0.3, 0.4) is 0 Å². The average Bonchev–Trinajstić information content (AvgIpc) is 2.03. The summed E-state index contributed by atoms with van der Waals surface area (Å²) in [7, 11) is 2.09. The Morgan fingerprint density at radius 3 is 2.62 bits per heavy atom. The Morgan fingerprint density at radius 2 is 2.15 bits per heavy atom. The molecule has 1 amide bonds. The maximum Gasteiger partial charge on any atom is 0.236 e. The van der Waals surface area contributed by atoms with Gasteiger partial charge >= 0.3 is 0 Å². The van der Waals surface area contributed by atoms with Crippen molar-refractivity contribution in [3.05, 3.63) is 0 Å². The van der Waals surface area contributed by atoms with Gasteiger partial charge in [-0.1, -0.05) is 15.9 Å². The number of alkyl halides is 1. The molecular weight excluding hydrogens is 232 g/mol. The van der Waals surface area contributed by atoms with Gasteiger partial charge < -0.3 is 9.80 Å². The normalized spacial score (nSPS) is 27.4. The van der Waals surface area contributed by atoms with Crippen LogP contribution in [0, 0.1) is 0 Å². The summed E-state index contributed by atoms with van der Waals surface area (Å²) in [4.78, 5) is 15.8. The van der Waals surface area contributed by atoms with Crippen LogP contribution in [0.4, 0.5) is 0 Å². The number of hydrogen-bond donors (Lipinski definition) is 0. The van der Waals surface area contributed by atoms with E-state index in [-0.39, 0.29) is 10.7 Å². The van der Waals surface area contributed by atoms with Gasteiger partial charge in [0.15, 0.2) is 0 Å². The fourth-order valence-corrected chi connectivity index (χ4v) is 1.96. The fourth-order valence-electron chi connectivity index (χ4n) is 1.70. The lowest BCUT2D eigenvalue weighted by atomic mass is 10.2. The number of likely N-dealkylation sites (N-methyl/N-ethyl adjacent to an activating group) is 1. The van der Waals surface area contributed by atoms with Crippen LogP contribution in [0.15, 0.2) is 0 Å². The minimum Gasteiger partial charge on any atom is -0.336 e. The second-order valence-corrected chi connectivity index (χ2v) is 5.13. The second kappa shape index (κ2) is 4.42. The Hall–Kier alpha value is -0.0900. The first-order valence-electron chi connectivity index (χ1n) is 4.65. The summed E-state index contributed by atoms with van der Waals surface area (Å²) in [6.07, 6.45) is 0. The molecular formula is C9H17BrN2O. The van der Waals surface area contributed by atoms with Gasteiger partial charge in [-0.2, -0.15) is 0 Å². The van der Waals surface area contributed by atoms with Crippen LogP contribution in [0.25, 0.3) is 0 Å². The zero-order chi connectivity index (χ0) is 10.0. The van der Waals surface area contributed by atoms with Gasteiger partial charge in [-0.25, -0.2) is 0 Å². The van der Waals surface area contributed by atoms with Crippen LogP contribution in [-0.2, 0) is 4.79 Å². The Bertz CT molecular complexity index is 196. The van der Waals surface area contributed by atoms with Crippen LogP contribution < -0.4 is 0 Å². The first-order valence-corrected chi connectivity index (χ1v) is 5.57. The molecule has 0 aromatic heterocycles. The van der Waals surface area contributed by atoms with Crippen molar-refractivity contribution in [2.24, 2.45) is 0 Å². The lowest BCUT2D eigenvalue weighted by Crippen LogP contribution is -2.54. The summed E-state index contributed by atoms with van der Waals surface area (Å²) in [6.45, 7) is 6.80. The second-order valence-electron chi connectivity index (χ2n) is 3.76. The van der Waals surface area contributed by atoms with Crippen LogP contribution in [-0.4, -0.2) is 53.3 Å². The van der Waals surface area contributed by atoms with E-state index in [1.165, 1.54) is 0 Å². The molecule has 76 valence electrons. The summed E-state index contributed by atoms with van der Waals surface area (Å²) in [5.74, 6) is 0.209. The monoisotopic (exact) mass is 248 g/mol. The highest BCUT2D eigenvalue weighted by Crippen LogP contribution is 2.12. The molecule has 1 saturated heterocycles. The third kappa shape index (κ3) is 2.68. The number of amides is 1. The van der Waals surface area contributed by atoms with Crippen molar-refractivity contribution in [1.29, 1.82) is 0 Å². The maximum atomic E-state index is 11.7. The van der Waals surface area contributed by atoms with E-state index in [0.29, 0.717) is 6.04 Å². The van der Waals surface area contributed by atoms with Crippen molar-refractivity contribution in [2.45, 2.75) is 24.7 Å². The number of carbonyl (C=O) groups excluding carboxylic acids is 1. The zero-order valence-electron chi connectivity index (χ0n) is 8.46. The summed E-state index contributed by atoms with van der Waals surface area (Å²) in [5, 5.41) is 0. The van der Waals surface area contributed by atoms with Crippen molar-refractivity contribution < 1.29 is 4.79 Å². The fraction of sp³-hybridized carbons (Fsp3) is 0.889. The lowest BCUT2D eigenvalue weighted by molar-refractivity contribution is -0.134. The number of hydrogen-bond acceptors (Lipinski definition) is 2. The van der Waals surface area contributed by atoms with E-state index < -0.39 is 0 Å². The summed E-state index contributed by atoms with van der Waals surface area (Å²) in [6, 6.07) is 0.339. The predicted octanol–water partition coefficient (Wildman–Crippen LogP) is 0.932. The van der Waals surface area contributed by atoms with Crippen LogP contribution in [0.1, 0.15) is 13.8 Å². The molecule has 0 radical (unpaired) electrons. The Kier molecular flexibility index (Phi) is 3.74. The van der Waals surface area contributed by atoms with Gasteiger partial charge in [0.05, 0.1) is 4.83 Å². The molecule has 0 aliphatic carbocycles. The van der Waals surface area contributed by atoms with Crippen LogP contribution >= 0.6 is 15.9 Å². The van der Waals surface area contributed by atoms with Crippen molar-refractivity contribution in [3.63, 3.8) is 0 Å². The van der Waals surface area contributed by atoms with Crippen molar-refractivity contribution >= 4 is 21.8 Å². The highest BCUT2D eigenvalue weighted by molar-refractivity contribution is 9.10. The van der Waals surface area contributed by atoms with Crippen molar-refractivity contribution in [1.82, 2.24) is 9.80 Å². The number of nitrogens with zero attached hydrogens (tertiary/aromatic N) is 2. The molecule has 0 spiro atoms. The van der Waals surface area contributed by atoms with Crippen molar-refractivity contribution in [3.8, 4) is 0 Å². The maximum absolute atomic E-state index is 11.7. The lowest BCUT2D eigenvalue weighted by Gasteiger charge is -2.38. The molecule has 0 N–H and O–H groups in total. The highest BCUT2D eigenvalue weighted by Gasteiger charge is 2.27. The summed E-state index contributed by atoms with van der Waals surface area (Å²) in [5.41, 5.74) is 0. The minimum absolute atomic E-state index is 0.0571. The standard InChI is InChI=1S/C9H17BrN2O/c1-7-6-11(3)4-5-12(7)9(13)8(2)10/h7-8H,4-6H2,1-3H3. The van der Waals surface area contributed by atoms with Gasteiger partial charge in [-0.15, -0.1) is 0 Å². The third-order valence-electron chi connectivity index (χ3n) is 2.45. The van der Waals surface area contributed by atoms with E-state index in [9.17, 15) is 4.79 Å². The van der Waals surface area contributed by atoms with Gasteiger partial charge in [-0.3, -0.25) is 4.79 Å². The van der Waals surface area contributed by atoms with Gasteiger partial charge in [0.2, 0.25) is 5.91 Å². The number of halogens is 1. The molecule has 0 bridgehead atoms. The summed E-state index contributed by atoms with van der Waals surface area (Å²) < 4.78 is 0. The van der Waals surface area contributed by atoms with E-state index in [0.717, 1.165) is 19.6 Å². The van der Waals surface area contributed by atoms with E-state index in [2.05, 4.69) is 34.8 Å². The number of carbonyl (C=O) groups is 1. The summed E-state index contributed by atoms with van der Waals surface area (Å²) >= 11 is 3.31. The van der Waals surface area contributed by atoms with E-state index in [1.54, 1.807) is 0 Å². The largest absolute Gasteiger partial charge is 0.336 e. The molecule has 2 atom stereocenters. The van der Waals surface area contributed by atoms with Gasteiger partial charge in [0.1, 0.15) is 0 Å². The highest BCUT2D eigenvalue weighted by atomic mass is 79.9. The van der Waals surface area contributed by atoms with E-state index in [1.807, 2.05) is 11.8 Å². The van der Waals surface area contributed by atoms with Gasteiger partial charge in [-0.05, 0) is 20.9 Å². The predicted molar refractivity (Wildman–Crippen MR) is 57.1 cm³/mol. The van der Waals surface area contributed by atoms with Gasteiger partial charge in [0, 0.05) is 25.7 Å². The molecule has 1 aliphatic rings. The topological polar surface area (TPSA) is 23.6 Å². The molecule has 1 aliphatic heterocycles. The Morgan fingerprint density at radius 1 is 1.54 bits per heavy atom. The number of rotatable bonds is 1. The molecule has 1 fully saturated rings. The molecule has 2 unspecified atom stereocenters. The molecule has 0 aromatic rings. The smallest absolute Gasteiger partial charge is 0.236 e. The number of piperazine rings is 1. The average molecular weight is 249 g/mol. The molecule has 0 aromatic carbocycles. The zero-order valence-corrected chi connectivity index (χ0v) is 10.0. The molecule has 1 rings (SSSR count). The molecule has 0 saturated carbocycles. The minimum atomic E-state index is -0.0571. The SMILES string of the molecule is CC(Br)C(=O)N1CCN(C)CC1C. The van der Waals surface area contributed by atoms with Crippen LogP contribution in [0.5, 0.6) is 0 Å². The quantitative estimate of drug-likeness (QED) is 0.645. The molecule has 3 nitrogen and oxygen atoms in total.